The maximum absolute atomic E-state index is 14.4. The smallest absolute Gasteiger partial charge is 0.410 e. The number of aromatic nitrogens is 1. The molecule has 0 radical (unpaired) electrons. The number of hydrogen-bond acceptors (Lipinski definition) is 4. The van der Waals surface area contributed by atoms with Crippen molar-refractivity contribution < 1.29 is 27.1 Å². The molecule has 5 rings (SSSR count). The number of hydrogen-bond donors (Lipinski definition) is 1. The number of nitrogens with one attached hydrogen (secondary N) is 1. The van der Waals surface area contributed by atoms with Crippen LogP contribution in [-0.4, -0.2) is 65.3 Å². The topological polar surface area (TPSA) is 51.8 Å². The number of amides is 1. The highest BCUT2D eigenvalue weighted by Gasteiger charge is 2.32. The molecular formula is C25H26F4N4O2. The zero-order valence-corrected chi connectivity index (χ0v) is 19.1. The summed E-state index contributed by atoms with van der Waals surface area (Å²) >= 11 is 0. The maximum Gasteiger partial charge on any atom is 0.410 e. The monoisotopic (exact) mass is 490 g/mol. The van der Waals surface area contributed by atoms with Crippen molar-refractivity contribution in [3.63, 3.8) is 0 Å². The molecule has 2 fully saturated rings. The van der Waals surface area contributed by atoms with Gasteiger partial charge in [-0.1, -0.05) is 30.3 Å². The molecule has 0 atom stereocenters. The van der Waals surface area contributed by atoms with E-state index in [2.05, 4.69) is 15.0 Å². The highest BCUT2D eigenvalue weighted by Crippen LogP contribution is 2.37. The summed E-state index contributed by atoms with van der Waals surface area (Å²) < 4.78 is 61.3. The molecule has 186 valence electrons. The van der Waals surface area contributed by atoms with E-state index >= 15 is 0 Å². The van der Waals surface area contributed by atoms with E-state index in [4.69, 9.17) is 4.74 Å². The van der Waals surface area contributed by atoms with E-state index in [1.807, 2.05) is 30.3 Å². The number of aromatic amines is 1. The van der Waals surface area contributed by atoms with Crippen LogP contribution in [0, 0.1) is 23.3 Å². The molecule has 1 aromatic heterocycles. The quantitative estimate of drug-likeness (QED) is 0.325. The molecule has 1 amide bonds. The molecule has 2 aromatic carbocycles. The van der Waals surface area contributed by atoms with Crippen LogP contribution in [0.4, 0.5) is 22.4 Å². The first-order valence-corrected chi connectivity index (χ1v) is 11.7. The lowest BCUT2D eigenvalue weighted by Crippen LogP contribution is -2.56. The number of piperidine rings is 1. The van der Waals surface area contributed by atoms with Gasteiger partial charge >= 0.3 is 6.09 Å². The number of rotatable bonds is 4. The van der Waals surface area contributed by atoms with Crippen molar-refractivity contribution in [3.8, 4) is 0 Å². The predicted octanol–water partition coefficient (Wildman–Crippen LogP) is 4.77. The van der Waals surface area contributed by atoms with Crippen LogP contribution in [0.3, 0.4) is 0 Å². The fourth-order valence-corrected chi connectivity index (χ4v) is 5.01. The maximum atomic E-state index is 14.4. The molecule has 2 aliphatic heterocycles. The summed E-state index contributed by atoms with van der Waals surface area (Å²) in [7, 11) is 0. The van der Waals surface area contributed by atoms with Crippen molar-refractivity contribution in [3.05, 3.63) is 70.9 Å². The lowest BCUT2D eigenvalue weighted by atomic mass is 9.89. The van der Waals surface area contributed by atoms with Gasteiger partial charge in [0.1, 0.15) is 6.61 Å². The van der Waals surface area contributed by atoms with Gasteiger partial charge in [-0.05, 0) is 29.9 Å². The molecule has 3 aromatic rings. The SMILES string of the molecule is O=C(OCc1ccccc1)N1CCN(N2CCC(c3c[nH]c4c(F)c(F)c(F)c(F)c34)CC2)CC1. The molecule has 2 aliphatic rings. The van der Waals surface area contributed by atoms with Gasteiger partial charge in [0.15, 0.2) is 23.3 Å². The Morgan fingerprint density at radius 1 is 0.857 bits per heavy atom. The summed E-state index contributed by atoms with van der Waals surface area (Å²) in [5.74, 6) is -6.45. The van der Waals surface area contributed by atoms with Gasteiger partial charge in [0.25, 0.3) is 0 Å². The van der Waals surface area contributed by atoms with E-state index in [1.54, 1.807) is 4.90 Å². The fraction of sp³-hybridized carbons (Fsp3) is 0.400. The Balaban J connectivity index is 1.15. The molecule has 0 unspecified atom stereocenters. The molecule has 10 heteroatoms. The summed E-state index contributed by atoms with van der Waals surface area (Å²) in [5.41, 5.74) is 1.07. The van der Waals surface area contributed by atoms with Gasteiger partial charge in [-0.2, -0.15) is 0 Å². The molecule has 3 heterocycles. The number of carbonyl (C=O) groups is 1. The number of H-pyrrole nitrogens is 1. The molecule has 0 aliphatic carbocycles. The standard InChI is InChI=1S/C25H26F4N4O2/c26-20-19-18(14-30-24(19)23(29)22(28)21(20)27)17-6-8-32(9-7-17)33-12-10-31(11-13-33)25(34)35-15-16-4-2-1-3-5-16/h1-5,14,17,30H,6-13,15H2. The van der Waals surface area contributed by atoms with Crippen LogP contribution in [0.15, 0.2) is 36.5 Å². The van der Waals surface area contributed by atoms with Gasteiger partial charge in [0.05, 0.1) is 5.52 Å². The van der Waals surface area contributed by atoms with Crippen molar-refractivity contribution in [2.45, 2.75) is 25.4 Å². The first-order chi connectivity index (χ1) is 16.9. The van der Waals surface area contributed by atoms with Gasteiger partial charge in [0.2, 0.25) is 0 Å². The summed E-state index contributed by atoms with van der Waals surface area (Å²) in [6.45, 7) is 4.04. The molecule has 0 saturated carbocycles. The van der Waals surface area contributed by atoms with Crippen molar-refractivity contribution in [1.29, 1.82) is 0 Å². The number of hydrazine groups is 1. The minimum atomic E-state index is -1.80. The summed E-state index contributed by atoms with van der Waals surface area (Å²) in [4.78, 5) is 16.7. The van der Waals surface area contributed by atoms with Crippen LogP contribution in [0.25, 0.3) is 10.9 Å². The Kier molecular flexibility index (Phi) is 6.66. The Labute approximate surface area is 200 Å². The van der Waals surface area contributed by atoms with Crippen molar-refractivity contribution in [2.24, 2.45) is 0 Å². The first-order valence-electron chi connectivity index (χ1n) is 11.7. The zero-order chi connectivity index (χ0) is 24.5. The van der Waals surface area contributed by atoms with Crippen LogP contribution >= 0.6 is 0 Å². The number of piperazine rings is 1. The summed E-state index contributed by atoms with van der Waals surface area (Å²) in [6, 6.07) is 9.52. The molecule has 35 heavy (non-hydrogen) atoms. The summed E-state index contributed by atoms with van der Waals surface area (Å²) in [6.07, 6.45) is 2.44. The Morgan fingerprint density at radius 3 is 2.17 bits per heavy atom. The lowest BCUT2D eigenvalue weighted by Gasteiger charge is -2.43. The number of benzene rings is 2. The van der Waals surface area contributed by atoms with Crippen LogP contribution < -0.4 is 0 Å². The molecule has 2 saturated heterocycles. The molecule has 0 bridgehead atoms. The third-order valence-corrected chi connectivity index (χ3v) is 6.96. The Bertz CT molecular complexity index is 1200. The average molecular weight is 491 g/mol. The second-order valence-corrected chi connectivity index (χ2v) is 8.96. The first kappa shape index (κ1) is 23.6. The lowest BCUT2D eigenvalue weighted by molar-refractivity contribution is -0.0690. The van der Waals surface area contributed by atoms with E-state index < -0.39 is 23.3 Å². The largest absolute Gasteiger partial charge is 0.445 e. The van der Waals surface area contributed by atoms with Crippen LogP contribution in [0.1, 0.15) is 29.9 Å². The van der Waals surface area contributed by atoms with Gasteiger partial charge in [-0.25, -0.2) is 32.4 Å². The average Bonchev–Trinajstić information content (AvgIpc) is 3.35. The van der Waals surface area contributed by atoms with E-state index in [1.165, 1.54) is 6.20 Å². The minimum absolute atomic E-state index is 0.104. The van der Waals surface area contributed by atoms with E-state index in [0.29, 0.717) is 57.7 Å². The molecular weight excluding hydrogens is 464 g/mol. The second kappa shape index (κ2) is 9.87. The molecule has 6 nitrogen and oxygen atoms in total. The van der Waals surface area contributed by atoms with Gasteiger partial charge in [-0.3, -0.25) is 0 Å². The normalized spacial score (nSPS) is 18.3. The van der Waals surface area contributed by atoms with Crippen molar-refractivity contribution >= 4 is 17.0 Å². The van der Waals surface area contributed by atoms with Gasteiger partial charge in [-0.15, -0.1) is 0 Å². The fourth-order valence-electron chi connectivity index (χ4n) is 5.01. The van der Waals surface area contributed by atoms with Gasteiger partial charge in [0, 0.05) is 50.9 Å². The minimum Gasteiger partial charge on any atom is -0.445 e. The van der Waals surface area contributed by atoms with E-state index in [9.17, 15) is 22.4 Å². The zero-order valence-electron chi connectivity index (χ0n) is 19.1. The van der Waals surface area contributed by atoms with E-state index in [0.717, 1.165) is 5.56 Å². The molecule has 1 N–H and O–H groups in total. The van der Waals surface area contributed by atoms with Crippen molar-refractivity contribution in [1.82, 2.24) is 19.9 Å². The number of halogens is 4. The third kappa shape index (κ3) is 4.60. The van der Waals surface area contributed by atoms with E-state index in [-0.39, 0.29) is 29.5 Å². The third-order valence-electron chi connectivity index (χ3n) is 6.96. The van der Waals surface area contributed by atoms with Gasteiger partial charge < -0.3 is 14.6 Å². The highest BCUT2D eigenvalue weighted by molar-refractivity contribution is 5.85. The summed E-state index contributed by atoms with van der Waals surface area (Å²) in [5, 5.41) is 4.19. The highest BCUT2D eigenvalue weighted by atomic mass is 19.2. The number of carbonyl (C=O) groups excluding carboxylic acids is 1. The van der Waals surface area contributed by atoms with Crippen molar-refractivity contribution in [2.75, 3.05) is 39.3 Å². The number of fused-ring (bicyclic) bond motifs is 1. The Morgan fingerprint density at radius 2 is 1.49 bits per heavy atom. The predicted molar refractivity (Wildman–Crippen MR) is 121 cm³/mol. The number of ether oxygens (including phenoxy) is 1. The van der Waals surface area contributed by atoms with Crippen LogP contribution in [0.5, 0.6) is 0 Å². The number of nitrogens with zero attached hydrogens (tertiary/aromatic N) is 3. The van der Waals surface area contributed by atoms with Crippen LogP contribution in [0.2, 0.25) is 0 Å². The Hall–Kier alpha value is -3.11. The van der Waals surface area contributed by atoms with Crippen LogP contribution in [-0.2, 0) is 11.3 Å². The second-order valence-electron chi connectivity index (χ2n) is 8.96. The molecule has 0 spiro atoms.